The highest BCUT2D eigenvalue weighted by Crippen LogP contribution is 2.36. The molecule has 0 aliphatic carbocycles. The first-order valence-corrected chi connectivity index (χ1v) is 11.6. The number of esters is 1. The third kappa shape index (κ3) is 4.29. The van der Waals surface area contributed by atoms with Gasteiger partial charge in [-0.05, 0) is 54.7 Å². The second-order valence-corrected chi connectivity index (χ2v) is 8.57. The van der Waals surface area contributed by atoms with Crippen molar-refractivity contribution in [2.45, 2.75) is 26.4 Å². The summed E-state index contributed by atoms with van der Waals surface area (Å²) in [5.41, 5.74) is 6.18. The first-order chi connectivity index (χ1) is 17.1. The molecule has 0 saturated carbocycles. The van der Waals surface area contributed by atoms with Crippen LogP contribution in [0.2, 0.25) is 0 Å². The average Bonchev–Trinajstić information content (AvgIpc) is 3.04. The molecule has 1 aromatic heterocycles. The first kappa shape index (κ1) is 22.7. The lowest BCUT2D eigenvalue weighted by molar-refractivity contribution is -0.121. The number of aryl methyl sites for hydroxylation is 3. The largest absolute Gasteiger partial charge is 0.452 e. The van der Waals surface area contributed by atoms with Crippen LogP contribution in [0.25, 0.3) is 10.9 Å². The van der Waals surface area contributed by atoms with Crippen molar-refractivity contribution in [3.63, 3.8) is 0 Å². The summed E-state index contributed by atoms with van der Waals surface area (Å²) < 4.78 is 10.9. The molecule has 1 aliphatic heterocycles. The minimum Gasteiger partial charge on any atom is -0.452 e. The standard InChI is InChI=1S/C29H26N2O4/c1-19-22-11-5-6-12-23(22)30-24(17-34-2)28(19)29(33)35-18-27(32)31-25-13-7-3-9-20(25)15-16-21-10-4-8-14-26(21)31/h3-14H,15-18H2,1-2H3. The van der Waals surface area contributed by atoms with Crippen molar-refractivity contribution in [3.8, 4) is 0 Å². The van der Waals surface area contributed by atoms with Crippen LogP contribution in [0.5, 0.6) is 0 Å². The number of ether oxygens (including phenoxy) is 2. The molecule has 0 spiro atoms. The van der Waals surface area contributed by atoms with Crippen LogP contribution in [0.1, 0.15) is 32.7 Å². The summed E-state index contributed by atoms with van der Waals surface area (Å²) in [4.78, 5) is 33.1. The van der Waals surface area contributed by atoms with E-state index in [4.69, 9.17) is 9.47 Å². The molecule has 2 heterocycles. The number of nitrogens with zero attached hydrogens (tertiary/aromatic N) is 2. The number of benzene rings is 3. The number of carbonyl (C=O) groups is 2. The van der Waals surface area contributed by atoms with Gasteiger partial charge in [0.2, 0.25) is 0 Å². The number of amides is 1. The van der Waals surface area contributed by atoms with Gasteiger partial charge in [0.25, 0.3) is 5.91 Å². The number of pyridine rings is 1. The summed E-state index contributed by atoms with van der Waals surface area (Å²) >= 11 is 0. The van der Waals surface area contributed by atoms with Gasteiger partial charge in [0.1, 0.15) is 0 Å². The van der Waals surface area contributed by atoms with Crippen LogP contribution in [0.15, 0.2) is 72.8 Å². The van der Waals surface area contributed by atoms with Crippen LogP contribution in [0.4, 0.5) is 11.4 Å². The number of methoxy groups -OCH3 is 1. The molecule has 1 amide bonds. The van der Waals surface area contributed by atoms with E-state index in [1.54, 1.807) is 12.0 Å². The fourth-order valence-electron chi connectivity index (χ4n) is 4.77. The molecule has 4 aromatic rings. The molecule has 0 bridgehead atoms. The quantitative estimate of drug-likeness (QED) is 0.373. The van der Waals surface area contributed by atoms with Gasteiger partial charge in [0, 0.05) is 12.5 Å². The number of carbonyl (C=O) groups excluding carboxylic acids is 2. The van der Waals surface area contributed by atoms with E-state index in [1.807, 2.05) is 79.7 Å². The summed E-state index contributed by atoms with van der Waals surface area (Å²) in [6.45, 7) is 1.64. The Labute approximate surface area is 204 Å². The minimum atomic E-state index is -0.586. The zero-order valence-corrected chi connectivity index (χ0v) is 19.8. The fraction of sp³-hybridized carbons (Fsp3) is 0.207. The molecule has 0 unspecified atom stereocenters. The summed E-state index contributed by atoms with van der Waals surface area (Å²) in [5, 5.41) is 0.862. The van der Waals surface area contributed by atoms with Crippen molar-refractivity contribution >= 4 is 34.2 Å². The molecule has 6 nitrogen and oxygen atoms in total. The number of anilines is 2. The molecule has 0 radical (unpaired) electrons. The van der Waals surface area contributed by atoms with E-state index in [1.165, 1.54) is 0 Å². The maximum absolute atomic E-state index is 13.5. The molecular weight excluding hydrogens is 440 g/mol. The van der Waals surface area contributed by atoms with Crippen LogP contribution in [-0.4, -0.2) is 30.6 Å². The van der Waals surface area contributed by atoms with E-state index >= 15 is 0 Å². The molecule has 5 rings (SSSR count). The van der Waals surface area contributed by atoms with Crippen molar-refractivity contribution in [3.05, 3.63) is 101 Å². The number of fused-ring (bicyclic) bond motifs is 3. The summed E-state index contributed by atoms with van der Waals surface area (Å²) in [6, 6.07) is 23.4. The van der Waals surface area contributed by atoms with E-state index in [9.17, 15) is 9.59 Å². The summed E-state index contributed by atoms with van der Waals surface area (Å²) in [6.07, 6.45) is 1.66. The lowest BCUT2D eigenvalue weighted by Gasteiger charge is -2.25. The van der Waals surface area contributed by atoms with Crippen LogP contribution in [0, 0.1) is 6.92 Å². The van der Waals surface area contributed by atoms with Crippen molar-refractivity contribution in [1.82, 2.24) is 4.98 Å². The monoisotopic (exact) mass is 466 g/mol. The van der Waals surface area contributed by atoms with Gasteiger partial charge >= 0.3 is 5.97 Å². The van der Waals surface area contributed by atoms with Gasteiger partial charge in [0.15, 0.2) is 6.61 Å². The average molecular weight is 467 g/mol. The van der Waals surface area contributed by atoms with Gasteiger partial charge in [-0.1, -0.05) is 54.6 Å². The molecular formula is C29H26N2O4. The summed E-state index contributed by atoms with van der Waals surface area (Å²) in [7, 11) is 1.55. The molecule has 35 heavy (non-hydrogen) atoms. The molecule has 6 heteroatoms. The number of aromatic nitrogens is 1. The Bertz CT molecular complexity index is 1380. The zero-order valence-electron chi connectivity index (χ0n) is 19.8. The predicted molar refractivity (Wildman–Crippen MR) is 135 cm³/mol. The fourth-order valence-corrected chi connectivity index (χ4v) is 4.77. The second-order valence-electron chi connectivity index (χ2n) is 8.57. The Kier molecular flexibility index (Phi) is 6.29. The molecule has 176 valence electrons. The first-order valence-electron chi connectivity index (χ1n) is 11.6. The molecule has 0 N–H and O–H groups in total. The molecule has 1 aliphatic rings. The molecule has 0 atom stereocenters. The van der Waals surface area contributed by atoms with Crippen molar-refractivity contribution in [1.29, 1.82) is 0 Å². The SMILES string of the molecule is COCc1nc2ccccc2c(C)c1C(=O)OCC(=O)N1c2ccccc2CCc2ccccc21. The van der Waals surface area contributed by atoms with Gasteiger partial charge in [-0.3, -0.25) is 9.69 Å². The van der Waals surface area contributed by atoms with E-state index in [0.29, 0.717) is 11.3 Å². The van der Waals surface area contributed by atoms with Gasteiger partial charge in [-0.25, -0.2) is 9.78 Å². The van der Waals surface area contributed by atoms with Crippen molar-refractivity contribution < 1.29 is 19.1 Å². The zero-order chi connectivity index (χ0) is 24.4. The smallest absolute Gasteiger partial charge is 0.340 e. The van der Waals surface area contributed by atoms with Gasteiger partial charge < -0.3 is 9.47 Å². The van der Waals surface area contributed by atoms with Gasteiger partial charge in [-0.2, -0.15) is 0 Å². The van der Waals surface area contributed by atoms with Gasteiger partial charge in [-0.15, -0.1) is 0 Å². The third-order valence-corrected chi connectivity index (χ3v) is 6.42. The Morgan fingerprint density at radius 1 is 0.886 bits per heavy atom. The normalized spacial score (nSPS) is 12.6. The van der Waals surface area contributed by atoms with E-state index in [-0.39, 0.29) is 19.1 Å². The molecule has 0 saturated heterocycles. The molecule has 0 fully saturated rings. The lowest BCUT2D eigenvalue weighted by atomic mass is 10.0. The highest BCUT2D eigenvalue weighted by atomic mass is 16.5. The van der Waals surface area contributed by atoms with E-state index < -0.39 is 5.97 Å². The minimum absolute atomic E-state index is 0.164. The highest BCUT2D eigenvalue weighted by Gasteiger charge is 2.27. The van der Waals surface area contributed by atoms with E-state index in [2.05, 4.69) is 4.98 Å². The number of para-hydroxylation sites is 3. The van der Waals surface area contributed by atoms with Crippen LogP contribution in [-0.2, 0) is 33.7 Å². The van der Waals surface area contributed by atoms with Crippen molar-refractivity contribution in [2.24, 2.45) is 0 Å². The number of hydrogen-bond acceptors (Lipinski definition) is 5. The van der Waals surface area contributed by atoms with E-state index in [0.717, 1.165) is 51.8 Å². The Balaban J connectivity index is 1.46. The van der Waals surface area contributed by atoms with Crippen molar-refractivity contribution in [2.75, 3.05) is 18.6 Å². The van der Waals surface area contributed by atoms with Crippen LogP contribution in [0.3, 0.4) is 0 Å². The summed E-state index contributed by atoms with van der Waals surface area (Å²) in [5.74, 6) is -0.891. The second kappa shape index (κ2) is 9.68. The van der Waals surface area contributed by atoms with Crippen LogP contribution >= 0.6 is 0 Å². The van der Waals surface area contributed by atoms with Gasteiger partial charge in [0.05, 0.1) is 34.8 Å². The number of rotatable bonds is 5. The Morgan fingerprint density at radius 2 is 1.49 bits per heavy atom. The molecule has 3 aromatic carbocycles. The maximum Gasteiger partial charge on any atom is 0.340 e. The highest BCUT2D eigenvalue weighted by molar-refractivity contribution is 6.05. The predicted octanol–water partition coefficient (Wildman–Crippen LogP) is 5.31. The third-order valence-electron chi connectivity index (χ3n) is 6.42. The Morgan fingerprint density at radius 3 is 2.14 bits per heavy atom. The number of hydrogen-bond donors (Lipinski definition) is 0. The Hall–Kier alpha value is -4.03. The van der Waals surface area contributed by atoms with Crippen LogP contribution < -0.4 is 4.90 Å². The topological polar surface area (TPSA) is 68.7 Å². The maximum atomic E-state index is 13.5. The lowest BCUT2D eigenvalue weighted by Crippen LogP contribution is -2.31.